The largest absolute Gasteiger partial charge is 0.495 e. The van der Waals surface area contributed by atoms with Gasteiger partial charge in [0.25, 0.3) is 11.8 Å². The molecule has 1 aromatic carbocycles. The van der Waals surface area contributed by atoms with Gasteiger partial charge in [0.2, 0.25) is 0 Å². The fourth-order valence-corrected chi connectivity index (χ4v) is 2.50. The van der Waals surface area contributed by atoms with E-state index in [1.54, 1.807) is 18.2 Å². The predicted molar refractivity (Wildman–Crippen MR) is 104 cm³/mol. The molecule has 1 atom stereocenters. The number of nitrogens with one attached hydrogen (secondary N) is 4. The number of quaternary nitrogens is 1. The smallest absolute Gasteiger partial charge is 0.321 e. The molecule has 0 aliphatic rings. The van der Waals surface area contributed by atoms with E-state index in [4.69, 9.17) is 4.74 Å². The van der Waals surface area contributed by atoms with Crippen molar-refractivity contribution >= 4 is 23.5 Å². The number of carbonyl (C=O) groups is 3. The maximum absolute atomic E-state index is 12.3. The topological polar surface area (TPSA) is 101 Å². The second-order valence-electron chi connectivity index (χ2n) is 6.75. The molecular weight excluding hydrogens is 348 g/mol. The highest BCUT2D eigenvalue weighted by Gasteiger charge is 2.19. The fourth-order valence-electron chi connectivity index (χ4n) is 2.50. The minimum absolute atomic E-state index is 0.0439. The Balaban J connectivity index is 2.55. The zero-order valence-electron chi connectivity index (χ0n) is 16.6. The number of para-hydroxylation sites is 2. The van der Waals surface area contributed by atoms with Crippen LogP contribution in [0.2, 0.25) is 0 Å². The first-order chi connectivity index (χ1) is 12.8. The van der Waals surface area contributed by atoms with Gasteiger partial charge in [-0.25, -0.2) is 4.79 Å². The second kappa shape index (κ2) is 11.9. The number of benzene rings is 1. The summed E-state index contributed by atoms with van der Waals surface area (Å²) in [7, 11) is 1.54. The summed E-state index contributed by atoms with van der Waals surface area (Å²) in [5, 5.41) is 7.74. The number of imide groups is 1. The van der Waals surface area contributed by atoms with Crippen LogP contribution in [0.4, 0.5) is 10.5 Å². The molecule has 0 spiro atoms. The van der Waals surface area contributed by atoms with Gasteiger partial charge in [-0.3, -0.25) is 14.9 Å². The maximum atomic E-state index is 12.3. The lowest BCUT2D eigenvalue weighted by atomic mass is 10.2. The number of carbonyl (C=O) groups excluding carboxylic acids is 3. The molecule has 0 saturated carbocycles. The highest BCUT2D eigenvalue weighted by Crippen LogP contribution is 2.22. The number of rotatable bonds is 10. The van der Waals surface area contributed by atoms with Crippen LogP contribution >= 0.6 is 0 Å². The summed E-state index contributed by atoms with van der Waals surface area (Å²) in [4.78, 5) is 36.9. The van der Waals surface area contributed by atoms with Crippen molar-refractivity contribution in [1.29, 1.82) is 0 Å². The van der Waals surface area contributed by atoms with Crippen LogP contribution < -0.4 is 25.6 Å². The molecule has 4 amide bonds. The predicted octanol–water partition coefficient (Wildman–Crippen LogP) is 0.410. The number of urea groups is 1. The van der Waals surface area contributed by atoms with Crippen LogP contribution in [0.3, 0.4) is 0 Å². The van der Waals surface area contributed by atoms with Gasteiger partial charge in [-0.1, -0.05) is 32.9 Å². The number of anilines is 1. The first-order valence-corrected chi connectivity index (χ1v) is 9.19. The minimum atomic E-state index is -0.511. The SMILES string of the molecule is CCC[NH+](CC(=O)NC(=O)NCC(C)C)CC(=O)Nc1ccccc1OC. The number of ether oxygens (including phenoxy) is 1. The molecule has 0 saturated heterocycles. The molecule has 1 aromatic rings. The normalized spacial score (nSPS) is 11.6. The minimum Gasteiger partial charge on any atom is -0.495 e. The van der Waals surface area contributed by atoms with E-state index in [1.165, 1.54) is 7.11 Å². The summed E-state index contributed by atoms with van der Waals surface area (Å²) in [6, 6.07) is 6.62. The van der Waals surface area contributed by atoms with Crippen LogP contribution in [0, 0.1) is 5.92 Å². The number of methoxy groups -OCH3 is 1. The molecular formula is C19H31N4O4+. The molecule has 0 fully saturated rings. The Morgan fingerprint density at radius 3 is 2.41 bits per heavy atom. The van der Waals surface area contributed by atoms with Gasteiger partial charge in [-0.2, -0.15) is 0 Å². The molecule has 1 unspecified atom stereocenters. The van der Waals surface area contributed by atoms with Crippen LogP contribution in [-0.2, 0) is 9.59 Å². The summed E-state index contributed by atoms with van der Waals surface area (Å²) in [6.07, 6.45) is 0.810. The third-order valence-electron chi connectivity index (χ3n) is 3.73. The van der Waals surface area contributed by atoms with E-state index in [0.29, 0.717) is 30.4 Å². The Hall–Kier alpha value is -2.61. The van der Waals surface area contributed by atoms with Crippen molar-refractivity contribution in [3.8, 4) is 5.75 Å². The zero-order chi connectivity index (χ0) is 20.2. The lowest BCUT2D eigenvalue weighted by molar-refractivity contribution is -0.883. The van der Waals surface area contributed by atoms with Crippen molar-refractivity contribution in [2.75, 3.05) is 38.6 Å². The Kier molecular flexibility index (Phi) is 9.89. The molecule has 1 rings (SSSR count). The quantitative estimate of drug-likeness (QED) is 0.473. The maximum Gasteiger partial charge on any atom is 0.321 e. The molecule has 0 aliphatic heterocycles. The van der Waals surface area contributed by atoms with E-state index >= 15 is 0 Å². The number of hydrogen-bond donors (Lipinski definition) is 4. The van der Waals surface area contributed by atoms with Crippen molar-refractivity contribution in [3.63, 3.8) is 0 Å². The highest BCUT2D eigenvalue weighted by atomic mass is 16.5. The second-order valence-corrected chi connectivity index (χ2v) is 6.75. The average Bonchev–Trinajstić information content (AvgIpc) is 2.60. The van der Waals surface area contributed by atoms with Gasteiger partial charge in [0.1, 0.15) is 5.75 Å². The summed E-state index contributed by atoms with van der Waals surface area (Å²) in [6.45, 7) is 7.21. The van der Waals surface area contributed by atoms with E-state index in [9.17, 15) is 14.4 Å². The van der Waals surface area contributed by atoms with Crippen molar-refractivity contribution in [2.45, 2.75) is 27.2 Å². The van der Waals surface area contributed by atoms with Crippen LogP contribution in [0.25, 0.3) is 0 Å². The van der Waals surface area contributed by atoms with Crippen LogP contribution in [-0.4, -0.2) is 51.1 Å². The highest BCUT2D eigenvalue weighted by molar-refractivity contribution is 5.95. The number of hydrogen-bond acceptors (Lipinski definition) is 4. The summed E-state index contributed by atoms with van der Waals surface area (Å²) in [5.74, 6) is 0.235. The van der Waals surface area contributed by atoms with Gasteiger partial charge in [0.15, 0.2) is 13.1 Å². The van der Waals surface area contributed by atoms with Gasteiger partial charge in [-0.05, 0) is 24.5 Å². The van der Waals surface area contributed by atoms with Crippen LogP contribution in [0.5, 0.6) is 5.75 Å². The molecule has 0 radical (unpaired) electrons. The average molecular weight is 379 g/mol. The van der Waals surface area contributed by atoms with Gasteiger partial charge in [0.05, 0.1) is 19.3 Å². The lowest BCUT2D eigenvalue weighted by Crippen LogP contribution is -3.14. The molecule has 8 nitrogen and oxygen atoms in total. The molecule has 0 aromatic heterocycles. The van der Waals surface area contributed by atoms with Crippen molar-refractivity contribution in [3.05, 3.63) is 24.3 Å². The van der Waals surface area contributed by atoms with Crippen molar-refractivity contribution in [2.24, 2.45) is 5.92 Å². The standard InChI is InChI=1S/C19H30N4O4/c1-5-10-23(13-18(25)22-19(26)20-11-14(2)3)12-17(24)21-15-8-6-7-9-16(15)27-4/h6-9,14H,5,10-13H2,1-4H3,(H,21,24)(H2,20,22,25,26)/p+1. The first-order valence-electron chi connectivity index (χ1n) is 9.19. The Bertz CT molecular complexity index is 634. The number of amides is 4. The fraction of sp³-hybridized carbons (Fsp3) is 0.526. The van der Waals surface area contributed by atoms with Gasteiger partial charge >= 0.3 is 6.03 Å². The van der Waals surface area contributed by atoms with Gasteiger partial charge < -0.3 is 20.3 Å². The summed E-state index contributed by atoms with van der Waals surface area (Å²) in [5.41, 5.74) is 0.582. The summed E-state index contributed by atoms with van der Waals surface area (Å²) < 4.78 is 5.22. The van der Waals surface area contributed by atoms with Crippen molar-refractivity contribution < 1.29 is 24.0 Å². The van der Waals surface area contributed by atoms with Crippen LogP contribution in [0.1, 0.15) is 27.2 Å². The van der Waals surface area contributed by atoms with Crippen LogP contribution in [0.15, 0.2) is 24.3 Å². The molecule has 150 valence electrons. The third kappa shape index (κ3) is 9.05. The first kappa shape index (κ1) is 22.4. The van der Waals surface area contributed by atoms with E-state index in [1.807, 2.05) is 26.8 Å². The Labute approximate surface area is 160 Å². The Morgan fingerprint density at radius 2 is 1.78 bits per heavy atom. The lowest BCUT2D eigenvalue weighted by Gasteiger charge is -2.18. The molecule has 27 heavy (non-hydrogen) atoms. The van der Waals surface area contributed by atoms with E-state index in [0.717, 1.165) is 11.3 Å². The Morgan fingerprint density at radius 1 is 1.11 bits per heavy atom. The summed E-state index contributed by atoms with van der Waals surface area (Å²) >= 11 is 0. The van der Waals surface area contributed by atoms with E-state index in [2.05, 4.69) is 16.0 Å². The van der Waals surface area contributed by atoms with Crippen molar-refractivity contribution in [1.82, 2.24) is 10.6 Å². The van der Waals surface area contributed by atoms with Gasteiger partial charge in [-0.15, -0.1) is 0 Å². The van der Waals surface area contributed by atoms with E-state index in [-0.39, 0.29) is 19.0 Å². The van der Waals surface area contributed by atoms with Gasteiger partial charge in [0, 0.05) is 6.54 Å². The van der Waals surface area contributed by atoms with E-state index < -0.39 is 11.9 Å². The molecule has 8 heteroatoms. The monoisotopic (exact) mass is 379 g/mol. The molecule has 0 heterocycles. The molecule has 0 bridgehead atoms. The molecule has 0 aliphatic carbocycles. The third-order valence-corrected chi connectivity index (χ3v) is 3.73. The molecule has 4 N–H and O–H groups in total. The zero-order valence-corrected chi connectivity index (χ0v) is 16.6.